The Morgan fingerprint density at radius 2 is 2.25 bits per heavy atom. The molecule has 5 heteroatoms. The van der Waals surface area contributed by atoms with Crippen LogP contribution in [0.1, 0.15) is 0 Å². The molecule has 0 unspecified atom stereocenters. The van der Waals surface area contributed by atoms with Gasteiger partial charge in [0.15, 0.2) is 6.54 Å². The second-order valence-electron chi connectivity index (χ2n) is 2.37. The van der Waals surface area contributed by atoms with Crippen LogP contribution in [0.15, 0.2) is 22.8 Å². The van der Waals surface area contributed by atoms with Crippen LogP contribution in [-0.2, 0) is 11.3 Å². The molecule has 0 aliphatic heterocycles. The van der Waals surface area contributed by atoms with E-state index in [1.54, 1.807) is 22.9 Å². The molecule has 0 bridgehead atoms. The van der Waals surface area contributed by atoms with Crippen LogP contribution in [-0.4, -0.2) is 5.91 Å². The maximum absolute atomic E-state index is 10.6. The minimum Gasteiger partial charge on any atom is -0.366 e. The molecule has 64 valence electrons. The first-order chi connectivity index (χ1) is 5.59. The summed E-state index contributed by atoms with van der Waals surface area (Å²) < 4.78 is 2.44. The van der Waals surface area contributed by atoms with Gasteiger partial charge in [0, 0.05) is 6.07 Å². The van der Waals surface area contributed by atoms with Crippen LogP contribution in [0, 0.1) is 0 Å². The van der Waals surface area contributed by atoms with Crippen molar-refractivity contribution < 1.29 is 9.36 Å². The van der Waals surface area contributed by atoms with Crippen molar-refractivity contribution in [2.75, 3.05) is 5.73 Å². The molecule has 1 heterocycles. The molecule has 4 nitrogen and oxygen atoms in total. The van der Waals surface area contributed by atoms with Gasteiger partial charge >= 0.3 is 0 Å². The number of carbonyl (C=O) groups is 1. The van der Waals surface area contributed by atoms with E-state index < -0.39 is 5.91 Å². The summed E-state index contributed by atoms with van der Waals surface area (Å²) in [4.78, 5) is 10.6. The van der Waals surface area contributed by atoms with Crippen LogP contribution in [0.3, 0.4) is 0 Å². The lowest BCUT2D eigenvalue weighted by Crippen LogP contribution is -2.42. The van der Waals surface area contributed by atoms with Crippen molar-refractivity contribution >= 4 is 27.7 Å². The molecule has 1 amide bonds. The maximum Gasteiger partial charge on any atom is 0.272 e. The van der Waals surface area contributed by atoms with E-state index in [1.165, 1.54) is 0 Å². The standard InChI is InChI=1S/C7H8BrN3O/c8-5-1-2-6(9)11(3-5)4-7(10)12/h1-3,9H,4H2,(H2,10,12)/p+1. The third-order valence-corrected chi connectivity index (χ3v) is 1.82. The summed E-state index contributed by atoms with van der Waals surface area (Å²) in [5, 5.41) is 0. The van der Waals surface area contributed by atoms with Crippen LogP contribution in [0.25, 0.3) is 0 Å². The molecule has 4 N–H and O–H groups in total. The van der Waals surface area contributed by atoms with Gasteiger partial charge in [-0.25, -0.2) is 4.57 Å². The SMILES string of the molecule is NC(=O)C[n+]1cc(Br)ccc1N. The Kier molecular flexibility index (Phi) is 2.65. The second-order valence-corrected chi connectivity index (χ2v) is 3.28. The van der Waals surface area contributed by atoms with E-state index >= 15 is 0 Å². The number of halogens is 1. The summed E-state index contributed by atoms with van der Waals surface area (Å²) in [5.74, 6) is 0.0989. The molecule has 0 atom stereocenters. The fraction of sp³-hybridized carbons (Fsp3) is 0.143. The lowest BCUT2D eigenvalue weighted by atomic mass is 10.4. The van der Waals surface area contributed by atoms with Crippen LogP contribution in [0.2, 0.25) is 0 Å². The fourth-order valence-corrected chi connectivity index (χ4v) is 1.21. The van der Waals surface area contributed by atoms with E-state index in [2.05, 4.69) is 15.9 Å². The Morgan fingerprint density at radius 3 is 2.83 bits per heavy atom. The molecule has 0 saturated heterocycles. The highest BCUT2D eigenvalue weighted by molar-refractivity contribution is 9.10. The van der Waals surface area contributed by atoms with Crippen molar-refractivity contribution in [2.24, 2.45) is 5.73 Å². The number of primary amides is 1. The van der Waals surface area contributed by atoms with E-state index in [1.807, 2.05) is 0 Å². The molecule has 0 aliphatic carbocycles. The topological polar surface area (TPSA) is 73.0 Å². The predicted molar refractivity (Wildman–Crippen MR) is 47.9 cm³/mol. The first-order valence-electron chi connectivity index (χ1n) is 3.32. The minimum absolute atomic E-state index is 0.102. The predicted octanol–water partition coefficient (Wildman–Crippen LogP) is -0.196. The summed E-state index contributed by atoms with van der Waals surface area (Å²) in [6.45, 7) is 0.102. The fourth-order valence-electron chi connectivity index (χ4n) is 0.832. The first-order valence-corrected chi connectivity index (χ1v) is 4.11. The number of hydrogen-bond donors (Lipinski definition) is 2. The Balaban J connectivity index is 2.97. The monoisotopic (exact) mass is 230 g/mol. The molecule has 0 spiro atoms. The van der Waals surface area contributed by atoms with Crippen molar-refractivity contribution in [1.29, 1.82) is 0 Å². The van der Waals surface area contributed by atoms with Gasteiger partial charge < -0.3 is 5.73 Å². The van der Waals surface area contributed by atoms with Gasteiger partial charge in [-0.15, -0.1) is 0 Å². The van der Waals surface area contributed by atoms with Crippen molar-refractivity contribution in [3.05, 3.63) is 22.8 Å². The molecule has 0 fully saturated rings. The number of nitrogens with two attached hydrogens (primary N) is 2. The highest BCUT2D eigenvalue weighted by Crippen LogP contribution is 2.06. The number of nitrogen functional groups attached to an aromatic ring is 1. The van der Waals surface area contributed by atoms with E-state index in [-0.39, 0.29) is 6.54 Å². The first kappa shape index (κ1) is 8.99. The van der Waals surface area contributed by atoms with E-state index in [0.717, 1.165) is 4.47 Å². The normalized spacial score (nSPS) is 9.75. The van der Waals surface area contributed by atoms with Gasteiger partial charge in [0.25, 0.3) is 11.7 Å². The number of nitrogens with zero attached hydrogens (tertiary/aromatic N) is 1. The Hall–Kier alpha value is -1.10. The highest BCUT2D eigenvalue weighted by atomic mass is 79.9. The van der Waals surface area contributed by atoms with Crippen LogP contribution in [0.5, 0.6) is 0 Å². The molecule has 0 radical (unpaired) electrons. The third-order valence-electron chi connectivity index (χ3n) is 1.35. The number of amides is 1. The minimum atomic E-state index is -0.412. The van der Waals surface area contributed by atoms with E-state index in [4.69, 9.17) is 11.5 Å². The zero-order valence-corrected chi connectivity index (χ0v) is 7.91. The molecule has 0 saturated carbocycles. The van der Waals surface area contributed by atoms with E-state index in [0.29, 0.717) is 5.82 Å². The molecular formula is C7H9BrN3O+. The van der Waals surface area contributed by atoms with Gasteiger partial charge in [-0.1, -0.05) is 0 Å². The van der Waals surface area contributed by atoms with Crippen LogP contribution >= 0.6 is 15.9 Å². The van der Waals surface area contributed by atoms with Crippen molar-refractivity contribution in [2.45, 2.75) is 6.54 Å². The summed E-state index contributed by atoms with van der Waals surface area (Å²) in [6, 6.07) is 3.50. The Labute approximate surface area is 78.3 Å². The lowest BCUT2D eigenvalue weighted by Gasteiger charge is -1.99. The number of aromatic nitrogens is 1. The average molecular weight is 231 g/mol. The number of rotatable bonds is 2. The van der Waals surface area contributed by atoms with Gasteiger partial charge in [-0.2, -0.15) is 0 Å². The summed E-state index contributed by atoms with van der Waals surface area (Å²) in [5.41, 5.74) is 10.6. The van der Waals surface area contributed by atoms with Crippen LogP contribution < -0.4 is 16.0 Å². The summed E-state index contributed by atoms with van der Waals surface area (Å²) >= 11 is 3.26. The molecule has 12 heavy (non-hydrogen) atoms. The quantitative estimate of drug-likeness (QED) is 0.692. The number of pyridine rings is 1. The van der Waals surface area contributed by atoms with Gasteiger partial charge in [-0.3, -0.25) is 10.5 Å². The zero-order chi connectivity index (χ0) is 9.14. The van der Waals surface area contributed by atoms with Crippen molar-refractivity contribution in [3.63, 3.8) is 0 Å². The van der Waals surface area contributed by atoms with Gasteiger partial charge in [0.05, 0.1) is 4.47 Å². The van der Waals surface area contributed by atoms with Crippen LogP contribution in [0.4, 0.5) is 5.82 Å². The third kappa shape index (κ3) is 2.20. The van der Waals surface area contributed by atoms with Gasteiger partial charge in [0.2, 0.25) is 0 Å². The molecule has 0 aliphatic rings. The molecule has 1 aromatic rings. The smallest absolute Gasteiger partial charge is 0.272 e. The second kappa shape index (κ2) is 3.53. The van der Waals surface area contributed by atoms with Crippen molar-refractivity contribution in [3.8, 4) is 0 Å². The van der Waals surface area contributed by atoms with E-state index in [9.17, 15) is 4.79 Å². The van der Waals surface area contributed by atoms with Crippen molar-refractivity contribution in [1.82, 2.24) is 0 Å². The number of hydrogen-bond acceptors (Lipinski definition) is 2. The van der Waals surface area contributed by atoms with Gasteiger partial charge in [0.1, 0.15) is 6.20 Å². The lowest BCUT2D eigenvalue weighted by molar-refractivity contribution is -0.670. The Morgan fingerprint density at radius 1 is 1.58 bits per heavy atom. The number of anilines is 1. The van der Waals surface area contributed by atoms with Gasteiger partial charge in [-0.05, 0) is 22.0 Å². The molecular weight excluding hydrogens is 222 g/mol. The highest BCUT2D eigenvalue weighted by Gasteiger charge is 2.06. The average Bonchev–Trinajstić information content (AvgIpc) is 1.96. The molecule has 1 rings (SSSR count). The molecule has 1 aromatic heterocycles. The number of carbonyl (C=O) groups excluding carboxylic acids is 1. The largest absolute Gasteiger partial charge is 0.366 e. The zero-order valence-electron chi connectivity index (χ0n) is 6.33. The summed E-state index contributed by atoms with van der Waals surface area (Å²) in [6.07, 6.45) is 1.71. The molecule has 0 aromatic carbocycles. The summed E-state index contributed by atoms with van der Waals surface area (Å²) in [7, 11) is 0. The Bertz CT molecular complexity index is 314. The maximum atomic E-state index is 10.6.